The number of esters is 1. The number of hydrogen-bond donors (Lipinski definition) is 1. The molecule has 5 nitrogen and oxygen atoms in total. The van der Waals surface area contributed by atoms with Crippen molar-refractivity contribution in [2.75, 3.05) is 7.11 Å². The Morgan fingerprint density at radius 3 is 3.17 bits per heavy atom. The molecular weight excluding hydrogens is 162 g/mol. The zero-order valence-corrected chi connectivity index (χ0v) is 6.35. The van der Waals surface area contributed by atoms with Crippen molar-refractivity contribution in [2.24, 2.45) is 5.16 Å². The maximum absolute atomic E-state index is 10.9. The van der Waals surface area contributed by atoms with Crippen LogP contribution in [0.2, 0.25) is 0 Å². The van der Waals surface area contributed by atoms with Crippen molar-refractivity contribution in [1.29, 1.82) is 0 Å². The first-order valence-electron chi connectivity index (χ1n) is 3.13. The van der Waals surface area contributed by atoms with Crippen molar-refractivity contribution in [1.82, 2.24) is 0 Å². The predicted octanol–water partition coefficient (Wildman–Crippen LogP) is 0.874. The van der Waals surface area contributed by atoms with Gasteiger partial charge in [0.05, 0.1) is 13.4 Å². The average Bonchev–Trinajstić information content (AvgIpc) is 2.52. The van der Waals surface area contributed by atoms with Gasteiger partial charge in [0.25, 0.3) is 0 Å². The molecule has 0 aliphatic carbocycles. The smallest absolute Gasteiger partial charge is 0.341 e. The molecule has 0 aliphatic rings. The maximum atomic E-state index is 10.9. The Morgan fingerprint density at radius 2 is 2.58 bits per heavy atom. The molecule has 1 aromatic rings. The van der Waals surface area contributed by atoms with Gasteiger partial charge in [-0.3, -0.25) is 0 Å². The maximum Gasteiger partial charge on any atom is 0.341 e. The topological polar surface area (TPSA) is 72.0 Å². The van der Waals surface area contributed by atoms with E-state index in [9.17, 15) is 4.79 Å². The third-order valence-corrected chi connectivity index (χ3v) is 1.28. The SMILES string of the molecule is COC(=O)c1ccoc1C=NO. The number of carbonyl (C=O) groups is 1. The quantitative estimate of drug-likeness (QED) is 0.308. The van der Waals surface area contributed by atoms with Crippen LogP contribution in [0.3, 0.4) is 0 Å². The summed E-state index contributed by atoms with van der Waals surface area (Å²) in [5, 5.41) is 10.9. The van der Waals surface area contributed by atoms with E-state index in [-0.39, 0.29) is 11.3 Å². The lowest BCUT2D eigenvalue weighted by molar-refractivity contribution is 0.0600. The van der Waals surface area contributed by atoms with E-state index in [1.54, 1.807) is 0 Å². The van der Waals surface area contributed by atoms with Gasteiger partial charge >= 0.3 is 5.97 Å². The molecule has 1 aromatic heterocycles. The van der Waals surface area contributed by atoms with E-state index < -0.39 is 5.97 Å². The van der Waals surface area contributed by atoms with E-state index in [1.807, 2.05) is 0 Å². The molecule has 1 heterocycles. The number of methoxy groups -OCH3 is 1. The number of hydrogen-bond acceptors (Lipinski definition) is 5. The summed E-state index contributed by atoms with van der Waals surface area (Å²) in [6.45, 7) is 0. The molecule has 0 bridgehead atoms. The van der Waals surface area contributed by atoms with Crippen molar-refractivity contribution in [3.8, 4) is 0 Å². The summed E-state index contributed by atoms with van der Waals surface area (Å²) in [7, 11) is 1.26. The predicted molar refractivity (Wildman–Crippen MR) is 39.4 cm³/mol. The van der Waals surface area contributed by atoms with E-state index in [0.717, 1.165) is 6.21 Å². The molecule has 0 unspecified atom stereocenters. The Labute approximate surface area is 68.2 Å². The molecule has 12 heavy (non-hydrogen) atoms. The highest BCUT2D eigenvalue weighted by Crippen LogP contribution is 2.08. The Kier molecular flexibility index (Phi) is 2.47. The molecule has 0 saturated carbocycles. The summed E-state index contributed by atoms with van der Waals surface area (Å²) in [5.41, 5.74) is 0.232. The van der Waals surface area contributed by atoms with Crippen molar-refractivity contribution in [3.05, 3.63) is 23.7 Å². The van der Waals surface area contributed by atoms with Crippen LogP contribution in [0.5, 0.6) is 0 Å². The fourth-order valence-corrected chi connectivity index (χ4v) is 0.752. The van der Waals surface area contributed by atoms with E-state index in [1.165, 1.54) is 19.4 Å². The van der Waals surface area contributed by atoms with Gasteiger partial charge in [0.15, 0.2) is 5.76 Å². The van der Waals surface area contributed by atoms with Crippen molar-refractivity contribution >= 4 is 12.2 Å². The minimum atomic E-state index is -0.529. The van der Waals surface area contributed by atoms with Crippen LogP contribution < -0.4 is 0 Å². The zero-order valence-electron chi connectivity index (χ0n) is 6.35. The van der Waals surface area contributed by atoms with Crippen LogP contribution in [-0.4, -0.2) is 24.5 Å². The first-order chi connectivity index (χ1) is 5.79. The molecule has 0 aliphatic heterocycles. The molecule has 1 N–H and O–H groups in total. The molecule has 0 radical (unpaired) electrons. The van der Waals surface area contributed by atoms with Gasteiger partial charge in [0.2, 0.25) is 0 Å². The fraction of sp³-hybridized carbons (Fsp3) is 0.143. The third kappa shape index (κ3) is 1.45. The first-order valence-corrected chi connectivity index (χ1v) is 3.13. The van der Waals surface area contributed by atoms with E-state index >= 15 is 0 Å². The van der Waals surface area contributed by atoms with Crippen LogP contribution in [0.25, 0.3) is 0 Å². The molecule has 0 amide bonds. The van der Waals surface area contributed by atoms with Gasteiger partial charge in [-0.2, -0.15) is 0 Å². The monoisotopic (exact) mass is 169 g/mol. The van der Waals surface area contributed by atoms with Gasteiger partial charge in [0.1, 0.15) is 11.8 Å². The Morgan fingerprint density at radius 1 is 1.83 bits per heavy atom. The number of rotatable bonds is 2. The van der Waals surface area contributed by atoms with Gasteiger partial charge < -0.3 is 14.4 Å². The highest BCUT2D eigenvalue weighted by atomic mass is 16.5. The molecule has 0 fully saturated rings. The molecular formula is C7H7NO4. The van der Waals surface area contributed by atoms with Crippen molar-refractivity contribution in [2.45, 2.75) is 0 Å². The van der Waals surface area contributed by atoms with Crippen LogP contribution in [0.4, 0.5) is 0 Å². The largest absolute Gasteiger partial charge is 0.465 e. The summed E-state index contributed by atoms with van der Waals surface area (Å²) in [4.78, 5) is 10.9. The number of nitrogens with zero attached hydrogens (tertiary/aromatic N) is 1. The summed E-state index contributed by atoms with van der Waals surface area (Å²) in [5.74, 6) is -0.358. The number of furan rings is 1. The summed E-state index contributed by atoms with van der Waals surface area (Å²) in [6, 6.07) is 1.43. The van der Waals surface area contributed by atoms with E-state index in [0.29, 0.717) is 0 Å². The van der Waals surface area contributed by atoms with Crippen LogP contribution >= 0.6 is 0 Å². The Balaban J connectivity index is 2.98. The van der Waals surface area contributed by atoms with Crippen LogP contribution in [0.1, 0.15) is 16.1 Å². The molecule has 0 saturated heterocycles. The normalized spacial score (nSPS) is 10.4. The van der Waals surface area contributed by atoms with Gasteiger partial charge in [-0.1, -0.05) is 5.16 Å². The summed E-state index contributed by atoms with van der Waals surface area (Å²) >= 11 is 0. The number of oxime groups is 1. The minimum Gasteiger partial charge on any atom is -0.465 e. The molecule has 0 atom stereocenters. The Bertz CT molecular complexity index is 302. The van der Waals surface area contributed by atoms with Crippen LogP contribution in [0, 0.1) is 0 Å². The van der Waals surface area contributed by atoms with E-state index in [4.69, 9.17) is 9.62 Å². The lowest BCUT2D eigenvalue weighted by Crippen LogP contribution is -2.02. The highest BCUT2D eigenvalue weighted by molar-refractivity contribution is 5.97. The fourth-order valence-electron chi connectivity index (χ4n) is 0.752. The second-order valence-corrected chi connectivity index (χ2v) is 1.93. The van der Waals surface area contributed by atoms with Crippen LogP contribution in [0.15, 0.2) is 21.9 Å². The zero-order chi connectivity index (χ0) is 8.97. The molecule has 0 aromatic carbocycles. The Hall–Kier alpha value is -1.78. The standard InChI is InChI=1S/C7H7NO4/c1-11-7(9)5-2-3-12-6(5)4-8-10/h2-4,10H,1H3. The van der Waals surface area contributed by atoms with Gasteiger partial charge in [0, 0.05) is 0 Å². The van der Waals surface area contributed by atoms with Crippen molar-refractivity contribution in [3.63, 3.8) is 0 Å². The molecule has 0 spiro atoms. The summed E-state index contributed by atoms with van der Waals surface area (Å²) < 4.78 is 9.26. The lowest BCUT2D eigenvalue weighted by Gasteiger charge is -1.93. The number of ether oxygens (including phenoxy) is 1. The van der Waals surface area contributed by atoms with Crippen LogP contribution in [-0.2, 0) is 4.74 Å². The number of carbonyl (C=O) groups excluding carboxylic acids is 1. The lowest BCUT2D eigenvalue weighted by atomic mass is 10.2. The minimum absolute atomic E-state index is 0.171. The van der Waals surface area contributed by atoms with Crippen molar-refractivity contribution < 1.29 is 19.2 Å². The molecule has 1 rings (SSSR count). The van der Waals surface area contributed by atoms with Gasteiger partial charge in [-0.25, -0.2) is 4.79 Å². The molecule has 64 valence electrons. The first kappa shape index (κ1) is 8.32. The second-order valence-electron chi connectivity index (χ2n) is 1.93. The van der Waals surface area contributed by atoms with E-state index in [2.05, 4.69) is 9.89 Å². The summed E-state index contributed by atoms with van der Waals surface area (Å²) in [6.07, 6.45) is 2.33. The third-order valence-electron chi connectivity index (χ3n) is 1.28. The highest BCUT2D eigenvalue weighted by Gasteiger charge is 2.12. The van der Waals surface area contributed by atoms with Gasteiger partial charge in [-0.05, 0) is 6.07 Å². The average molecular weight is 169 g/mol. The second kappa shape index (κ2) is 3.56. The molecule has 5 heteroatoms. The van der Waals surface area contributed by atoms with Gasteiger partial charge in [-0.15, -0.1) is 0 Å².